The number of ether oxygens (including phenoxy) is 1. The van der Waals surface area contributed by atoms with Gasteiger partial charge in [0.15, 0.2) is 11.5 Å². The van der Waals surface area contributed by atoms with Crippen LogP contribution in [0.4, 0.5) is 10.6 Å². The summed E-state index contributed by atoms with van der Waals surface area (Å²) in [5, 5.41) is 16.6. The fraction of sp³-hybridized carbons (Fsp3) is 0.294. The molecule has 1 aromatic heterocycles. The van der Waals surface area contributed by atoms with Gasteiger partial charge in [0.1, 0.15) is 12.7 Å². The van der Waals surface area contributed by atoms with Crippen molar-refractivity contribution in [2.45, 2.75) is 6.61 Å². The summed E-state index contributed by atoms with van der Waals surface area (Å²) >= 11 is 0. The van der Waals surface area contributed by atoms with Crippen LogP contribution in [0.2, 0.25) is 0 Å². The van der Waals surface area contributed by atoms with Gasteiger partial charge in [0.05, 0.1) is 0 Å². The van der Waals surface area contributed by atoms with E-state index in [1.54, 1.807) is 17.0 Å². The minimum Gasteiger partial charge on any atom is -0.445 e. The van der Waals surface area contributed by atoms with Gasteiger partial charge in [-0.3, -0.25) is 0 Å². The number of nitriles is 1. The average Bonchev–Trinajstić information content (AvgIpc) is 2.67. The number of carbonyl (C=O) groups is 1. The largest absolute Gasteiger partial charge is 0.445 e. The van der Waals surface area contributed by atoms with Crippen molar-refractivity contribution < 1.29 is 9.53 Å². The van der Waals surface area contributed by atoms with Gasteiger partial charge in [0.25, 0.3) is 0 Å². The molecule has 0 atom stereocenters. The molecule has 1 fully saturated rings. The van der Waals surface area contributed by atoms with Crippen molar-refractivity contribution in [3.05, 3.63) is 53.7 Å². The molecule has 0 saturated carbocycles. The van der Waals surface area contributed by atoms with Crippen molar-refractivity contribution in [3.8, 4) is 6.07 Å². The van der Waals surface area contributed by atoms with Crippen LogP contribution in [0.3, 0.4) is 0 Å². The van der Waals surface area contributed by atoms with E-state index in [0.717, 1.165) is 5.56 Å². The average molecular weight is 323 g/mol. The number of carbonyl (C=O) groups excluding carboxylic acids is 1. The summed E-state index contributed by atoms with van der Waals surface area (Å²) < 4.78 is 5.34. The molecule has 3 rings (SSSR count). The zero-order chi connectivity index (χ0) is 16.8. The molecule has 0 N–H and O–H groups in total. The predicted octanol–water partition coefficient (Wildman–Crippen LogP) is 1.81. The summed E-state index contributed by atoms with van der Waals surface area (Å²) in [6.45, 7) is 2.72. The Labute approximate surface area is 140 Å². The lowest BCUT2D eigenvalue weighted by atomic mass is 10.2. The summed E-state index contributed by atoms with van der Waals surface area (Å²) in [5.41, 5.74) is 1.26. The molecule has 7 heteroatoms. The quantitative estimate of drug-likeness (QED) is 0.857. The number of piperazine rings is 1. The third-order valence-electron chi connectivity index (χ3n) is 3.83. The minimum absolute atomic E-state index is 0.279. The Morgan fingerprint density at radius 3 is 2.46 bits per heavy atom. The van der Waals surface area contributed by atoms with Crippen LogP contribution in [0.1, 0.15) is 11.3 Å². The lowest BCUT2D eigenvalue weighted by Crippen LogP contribution is -2.49. The summed E-state index contributed by atoms with van der Waals surface area (Å²) in [6.07, 6.45) is -0.301. The molecule has 0 aliphatic carbocycles. The smallest absolute Gasteiger partial charge is 0.410 e. The van der Waals surface area contributed by atoms with Crippen LogP contribution in [0.15, 0.2) is 42.5 Å². The van der Waals surface area contributed by atoms with E-state index in [0.29, 0.717) is 37.7 Å². The molecule has 1 amide bonds. The number of amides is 1. The first-order valence-electron chi connectivity index (χ1n) is 7.70. The maximum atomic E-state index is 12.1. The number of anilines is 1. The number of benzene rings is 1. The lowest BCUT2D eigenvalue weighted by molar-refractivity contribution is 0.0941. The number of aromatic nitrogens is 2. The van der Waals surface area contributed by atoms with Gasteiger partial charge in [-0.25, -0.2) is 4.79 Å². The second kappa shape index (κ2) is 7.42. The Morgan fingerprint density at radius 2 is 1.83 bits per heavy atom. The van der Waals surface area contributed by atoms with Crippen molar-refractivity contribution >= 4 is 11.9 Å². The van der Waals surface area contributed by atoms with Crippen LogP contribution in [0.25, 0.3) is 0 Å². The molecule has 24 heavy (non-hydrogen) atoms. The SMILES string of the molecule is N#Cc1ccc(N2CCN(C(=O)OCc3ccccc3)CC2)nn1. The zero-order valence-corrected chi connectivity index (χ0v) is 13.1. The molecule has 2 heterocycles. The maximum Gasteiger partial charge on any atom is 0.410 e. The summed E-state index contributed by atoms with van der Waals surface area (Å²) in [6, 6.07) is 15.0. The first-order valence-corrected chi connectivity index (χ1v) is 7.70. The first-order chi connectivity index (χ1) is 11.8. The van der Waals surface area contributed by atoms with Crippen molar-refractivity contribution in [3.63, 3.8) is 0 Å². The molecule has 1 aromatic carbocycles. The molecular formula is C17H17N5O2. The Bertz CT molecular complexity index is 719. The zero-order valence-electron chi connectivity index (χ0n) is 13.1. The molecule has 122 valence electrons. The Balaban J connectivity index is 1.49. The standard InChI is InChI=1S/C17H17N5O2/c18-12-15-6-7-16(20-19-15)21-8-10-22(11-9-21)17(23)24-13-14-4-2-1-3-5-14/h1-7H,8-11,13H2. The Morgan fingerprint density at radius 1 is 1.08 bits per heavy atom. The molecular weight excluding hydrogens is 306 g/mol. The lowest BCUT2D eigenvalue weighted by Gasteiger charge is -2.34. The van der Waals surface area contributed by atoms with Crippen molar-refractivity contribution in [2.24, 2.45) is 0 Å². The summed E-state index contributed by atoms with van der Waals surface area (Å²) in [5.74, 6) is 0.714. The highest BCUT2D eigenvalue weighted by Crippen LogP contribution is 2.13. The summed E-state index contributed by atoms with van der Waals surface area (Å²) in [4.78, 5) is 15.8. The molecule has 1 aliphatic rings. The maximum absolute atomic E-state index is 12.1. The van der Waals surface area contributed by atoms with Gasteiger partial charge in [-0.1, -0.05) is 30.3 Å². The molecule has 1 aliphatic heterocycles. The van der Waals surface area contributed by atoms with E-state index < -0.39 is 0 Å². The van der Waals surface area contributed by atoms with Gasteiger partial charge in [-0.2, -0.15) is 5.26 Å². The highest BCUT2D eigenvalue weighted by Gasteiger charge is 2.23. The third kappa shape index (κ3) is 3.79. The van der Waals surface area contributed by atoms with Gasteiger partial charge in [-0.05, 0) is 17.7 Å². The van der Waals surface area contributed by atoms with E-state index in [2.05, 4.69) is 10.2 Å². The molecule has 2 aromatic rings. The Hall–Kier alpha value is -3.14. The topological polar surface area (TPSA) is 82.4 Å². The second-order valence-corrected chi connectivity index (χ2v) is 5.40. The van der Waals surface area contributed by atoms with E-state index in [1.165, 1.54) is 0 Å². The van der Waals surface area contributed by atoms with E-state index >= 15 is 0 Å². The normalized spacial score (nSPS) is 14.1. The van der Waals surface area contributed by atoms with E-state index in [4.69, 9.17) is 10.00 Å². The molecule has 0 bridgehead atoms. The monoisotopic (exact) mass is 323 g/mol. The van der Waals surface area contributed by atoms with Crippen molar-refractivity contribution in [1.82, 2.24) is 15.1 Å². The predicted molar refractivity (Wildman–Crippen MR) is 87.2 cm³/mol. The molecule has 0 radical (unpaired) electrons. The molecule has 0 unspecified atom stereocenters. The van der Waals surface area contributed by atoms with Crippen LogP contribution in [-0.2, 0) is 11.3 Å². The van der Waals surface area contributed by atoms with Crippen LogP contribution in [-0.4, -0.2) is 47.4 Å². The Kier molecular flexibility index (Phi) is 4.87. The second-order valence-electron chi connectivity index (χ2n) is 5.40. The summed E-state index contributed by atoms with van der Waals surface area (Å²) in [7, 11) is 0. The highest BCUT2D eigenvalue weighted by atomic mass is 16.6. The van der Waals surface area contributed by atoms with Crippen molar-refractivity contribution in [1.29, 1.82) is 5.26 Å². The number of hydrogen-bond donors (Lipinski definition) is 0. The molecule has 1 saturated heterocycles. The number of hydrogen-bond acceptors (Lipinski definition) is 6. The van der Waals surface area contributed by atoms with Crippen LogP contribution in [0, 0.1) is 11.3 Å². The third-order valence-corrected chi connectivity index (χ3v) is 3.83. The van der Waals surface area contributed by atoms with Crippen molar-refractivity contribution in [2.75, 3.05) is 31.1 Å². The number of rotatable bonds is 3. The minimum atomic E-state index is -0.301. The first kappa shape index (κ1) is 15.7. The number of nitrogens with zero attached hydrogens (tertiary/aromatic N) is 5. The molecule has 7 nitrogen and oxygen atoms in total. The van der Waals surface area contributed by atoms with Gasteiger partial charge >= 0.3 is 6.09 Å². The van der Waals surface area contributed by atoms with E-state index in [1.807, 2.05) is 41.3 Å². The van der Waals surface area contributed by atoms with Gasteiger partial charge in [0.2, 0.25) is 0 Å². The fourth-order valence-corrected chi connectivity index (χ4v) is 2.48. The van der Waals surface area contributed by atoms with Gasteiger partial charge in [0, 0.05) is 26.2 Å². The molecule has 0 spiro atoms. The van der Waals surface area contributed by atoms with E-state index in [-0.39, 0.29) is 12.7 Å². The van der Waals surface area contributed by atoms with E-state index in [9.17, 15) is 4.79 Å². The van der Waals surface area contributed by atoms with Gasteiger partial charge < -0.3 is 14.5 Å². The highest BCUT2D eigenvalue weighted by molar-refractivity contribution is 5.68. The fourth-order valence-electron chi connectivity index (χ4n) is 2.48. The van der Waals surface area contributed by atoms with Crippen LogP contribution in [0.5, 0.6) is 0 Å². The van der Waals surface area contributed by atoms with Crippen LogP contribution >= 0.6 is 0 Å². The van der Waals surface area contributed by atoms with Gasteiger partial charge in [-0.15, -0.1) is 10.2 Å². The van der Waals surface area contributed by atoms with Crippen LogP contribution < -0.4 is 4.90 Å².